The minimum Gasteiger partial charge on any atom is -0.480 e. The third-order valence-electron chi connectivity index (χ3n) is 1.86. The Labute approximate surface area is 88.3 Å². The summed E-state index contributed by atoms with van der Waals surface area (Å²) in [4.78, 5) is 11.9. The van der Waals surface area contributed by atoms with E-state index in [4.69, 9.17) is 5.11 Å². The van der Waals surface area contributed by atoms with Crippen LogP contribution in [-0.4, -0.2) is 16.3 Å². The van der Waals surface area contributed by atoms with Crippen LogP contribution in [0.15, 0.2) is 35.2 Å². The number of hydrogen-bond acceptors (Lipinski definition) is 2. The number of rotatable bonds is 4. The number of carboxylic acid groups (broad SMARTS) is 1. The molecule has 1 unspecified atom stereocenters. The number of carbonyl (C=O) groups is 1. The summed E-state index contributed by atoms with van der Waals surface area (Å²) in [5, 5.41) is 8.62. The van der Waals surface area contributed by atoms with E-state index in [1.165, 1.54) is 11.8 Å². The summed E-state index contributed by atoms with van der Waals surface area (Å²) in [5.41, 5.74) is 0. The molecule has 0 bridgehead atoms. The second-order valence-electron chi connectivity index (χ2n) is 3.43. The second-order valence-corrected chi connectivity index (χ2v) is 4.65. The highest BCUT2D eigenvalue weighted by Gasteiger charge is 2.22. The Bertz CT molecular complexity index is 295. The largest absolute Gasteiger partial charge is 0.480 e. The van der Waals surface area contributed by atoms with Crippen LogP contribution in [0.3, 0.4) is 0 Å². The summed E-state index contributed by atoms with van der Waals surface area (Å²) >= 11 is 1.41. The smallest absolute Gasteiger partial charge is 0.317 e. The molecular formula is C11H14O2S. The summed E-state index contributed by atoms with van der Waals surface area (Å²) in [5.74, 6) is -0.605. The average Bonchev–Trinajstić information content (AvgIpc) is 2.15. The molecule has 0 radical (unpaired) electrons. The minimum absolute atomic E-state index is 0.137. The van der Waals surface area contributed by atoms with Crippen molar-refractivity contribution in [3.8, 4) is 0 Å². The van der Waals surface area contributed by atoms with Crippen molar-refractivity contribution in [2.24, 2.45) is 5.92 Å². The van der Waals surface area contributed by atoms with E-state index < -0.39 is 5.97 Å². The molecule has 0 aliphatic heterocycles. The zero-order valence-electron chi connectivity index (χ0n) is 8.31. The molecule has 0 aliphatic carbocycles. The molecule has 1 N–H and O–H groups in total. The van der Waals surface area contributed by atoms with Gasteiger partial charge in [-0.2, -0.15) is 0 Å². The van der Waals surface area contributed by atoms with Gasteiger partial charge in [-0.25, -0.2) is 0 Å². The van der Waals surface area contributed by atoms with Crippen LogP contribution in [0.1, 0.15) is 13.8 Å². The van der Waals surface area contributed by atoms with Gasteiger partial charge < -0.3 is 5.11 Å². The van der Waals surface area contributed by atoms with Crippen molar-refractivity contribution in [1.82, 2.24) is 0 Å². The van der Waals surface area contributed by atoms with Crippen LogP contribution in [0.2, 0.25) is 0 Å². The van der Waals surface area contributed by atoms with E-state index in [0.717, 1.165) is 4.90 Å². The fourth-order valence-electron chi connectivity index (χ4n) is 1.12. The standard InChI is InChI=1S/C11H14O2S/c1-8(2)10(11(12)13)14-9-6-4-3-5-7-9/h3-8,10H,1-2H3,(H,12,13). The van der Waals surface area contributed by atoms with E-state index in [0.29, 0.717) is 0 Å². The molecule has 0 saturated carbocycles. The molecule has 14 heavy (non-hydrogen) atoms. The molecule has 1 aromatic carbocycles. The number of thioether (sulfide) groups is 1. The van der Waals surface area contributed by atoms with Crippen molar-refractivity contribution in [2.45, 2.75) is 24.0 Å². The Kier molecular flexibility index (Phi) is 4.01. The monoisotopic (exact) mass is 210 g/mol. The molecule has 3 heteroatoms. The normalized spacial score (nSPS) is 12.8. The first-order chi connectivity index (χ1) is 6.61. The van der Waals surface area contributed by atoms with E-state index in [2.05, 4.69) is 0 Å². The molecular weight excluding hydrogens is 196 g/mol. The van der Waals surface area contributed by atoms with Gasteiger partial charge in [-0.3, -0.25) is 4.79 Å². The van der Waals surface area contributed by atoms with E-state index in [1.54, 1.807) is 0 Å². The Hall–Kier alpha value is -0.960. The summed E-state index contributed by atoms with van der Waals surface area (Å²) in [6.07, 6.45) is 0. The highest BCUT2D eigenvalue weighted by atomic mass is 32.2. The van der Waals surface area contributed by atoms with Crippen molar-refractivity contribution >= 4 is 17.7 Å². The third kappa shape index (κ3) is 3.07. The summed E-state index contributed by atoms with van der Waals surface area (Å²) < 4.78 is 0. The van der Waals surface area contributed by atoms with Gasteiger partial charge in [0, 0.05) is 4.90 Å². The Morgan fingerprint density at radius 2 is 1.86 bits per heavy atom. The molecule has 0 fully saturated rings. The quantitative estimate of drug-likeness (QED) is 0.776. The molecule has 1 atom stereocenters. The van der Waals surface area contributed by atoms with Crippen molar-refractivity contribution in [1.29, 1.82) is 0 Å². The van der Waals surface area contributed by atoms with Gasteiger partial charge in [-0.15, -0.1) is 11.8 Å². The first kappa shape index (κ1) is 11.1. The van der Waals surface area contributed by atoms with Gasteiger partial charge in [0.15, 0.2) is 0 Å². The predicted octanol–water partition coefficient (Wildman–Crippen LogP) is 2.89. The number of aliphatic carboxylic acids is 1. The third-order valence-corrected chi connectivity index (χ3v) is 3.40. The highest BCUT2D eigenvalue weighted by molar-refractivity contribution is 8.00. The lowest BCUT2D eigenvalue weighted by Crippen LogP contribution is -2.22. The van der Waals surface area contributed by atoms with Crippen LogP contribution in [0.5, 0.6) is 0 Å². The summed E-state index contributed by atoms with van der Waals surface area (Å²) in [6.45, 7) is 3.85. The predicted molar refractivity (Wildman–Crippen MR) is 58.6 cm³/mol. The van der Waals surface area contributed by atoms with Crippen LogP contribution in [-0.2, 0) is 4.79 Å². The average molecular weight is 210 g/mol. The van der Waals surface area contributed by atoms with Crippen molar-refractivity contribution < 1.29 is 9.90 Å². The van der Waals surface area contributed by atoms with E-state index >= 15 is 0 Å². The van der Waals surface area contributed by atoms with Gasteiger partial charge in [-0.1, -0.05) is 32.0 Å². The molecule has 76 valence electrons. The zero-order valence-corrected chi connectivity index (χ0v) is 9.12. The highest BCUT2D eigenvalue weighted by Crippen LogP contribution is 2.27. The van der Waals surface area contributed by atoms with Crippen LogP contribution < -0.4 is 0 Å². The molecule has 0 saturated heterocycles. The second kappa shape index (κ2) is 5.05. The van der Waals surface area contributed by atoms with Crippen LogP contribution in [0, 0.1) is 5.92 Å². The maximum Gasteiger partial charge on any atom is 0.317 e. The topological polar surface area (TPSA) is 37.3 Å². The lowest BCUT2D eigenvalue weighted by molar-refractivity contribution is -0.137. The maximum atomic E-state index is 10.9. The molecule has 2 nitrogen and oxygen atoms in total. The lowest BCUT2D eigenvalue weighted by Gasteiger charge is -2.15. The van der Waals surface area contributed by atoms with Crippen molar-refractivity contribution in [3.05, 3.63) is 30.3 Å². The number of hydrogen-bond donors (Lipinski definition) is 1. The van der Waals surface area contributed by atoms with Crippen LogP contribution >= 0.6 is 11.8 Å². The Balaban J connectivity index is 2.70. The maximum absolute atomic E-state index is 10.9. The van der Waals surface area contributed by atoms with Gasteiger partial charge in [0.2, 0.25) is 0 Å². The Morgan fingerprint density at radius 1 is 1.29 bits per heavy atom. The van der Waals surface area contributed by atoms with Crippen LogP contribution in [0.25, 0.3) is 0 Å². The van der Waals surface area contributed by atoms with E-state index in [1.807, 2.05) is 44.2 Å². The number of benzene rings is 1. The first-order valence-electron chi connectivity index (χ1n) is 4.55. The molecule has 1 aromatic rings. The Morgan fingerprint density at radius 3 is 2.29 bits per heavy atom. The van der Waals surface area contributed by atoms with Gasteiger partial charge in [0.1, 0.15) is 5.25 Å². The summed E-state index contributed by atoms with van der Waals surface area (Å²) in [7, 11) is 0. The molecule has 0 heterocycles. The fraction of sp³-hybridized carbons (Fsp3) is 0.364. The molecule has 1 rings (SSSR count). The van der Waals surface area contributed by atoms with Crippen molar-refractivity contribution in [2.75, 3.05) is 0 Å². The van der Waals surface area contributed by atoms with Gasteiger partial charge in [0.05, 0.1) is 0 Å². The van der Waals surface area contributed by atoms with Gasteiger partial charge in [-0.05, 0) is 18.1 Å². The first-order valence-corrected chi connectivity index (χ1v) is 5.43. The van der Waals surface area contributed by atoms with E-state index in [9.17, 15) is 4.79 Å². The van der Waals surface area contributed by atoms with Crippen molar-refractivity contribution in [3.63, 3.8) is 0 Å². The summed E-state index contributed by atoms with van der Waals surface area (Å²) in [6, 6.07) is 9.63. The lowest BCUT2D eigenvalue weighted by atomic mass is 10.1. The SMILES string of the molecule is CC(C)C(Sc1ccccc1)C(=O)O. The minimum atomic E-state index is -0.742. The van der Waals surface area contributed by atoms with Crippen LogP contribution in [0.4, 0.5) is 0 Å². The van der Waals surface area contributed by atoms with Gasteiger partial charge >= 0.3 is 5.97 Å². The van der Waals surface area contributed by atoms with E-state index in [-0.39, 0.29) is 11.2 Å². The molecule has 0 amide bonds. The zero-order chi connectivity index (χ0) is 10.6. The molecule has 0 aliphatic rings. The molecule has 0 aromatic heterocycles. The molecule has 0 spiro atoms. The number of carboxylic acids is 1. The van der Waals surface area contributed by atoms with Gasteiger partial charge in [0.25, 0.3) is 0 Å². The fourth-order valence-corrected chi connectivity index (χ4v) is 2.10.